The lowest BCUT2D eigenvalue weighted by atomic mass is 10.0. The predicted octanol–water partition coefficient (Wildman–Crippen LogP) is 2.07. The normalized spacial score (nSPS) is 13.6. The van der Waals surface area contributed by atoms with Gasteiger partial charge in [-0.15, -0.1) is 0 Å². The van der Waals surface area contributed by atoms with Crippen LogP contribution in [0.25, 0.3) is 10.9 Å². The van der Waals surface area contributed by atoms with E-state index in [9.17, 15) is 4.79 Å². The molecule has 2 aromatic carbocycles. The lowest BCUT2D eigenvalue weighted by molar-refractivity contribution is -0.114. The van der Waals surface area contributed by atoms with E-state index in [4.69, 9.17) is 11.7 Å². The highest BCUT2D eigenvalue weighted by atomic mass is 16.1. The number of amides is 1. The molecule has 0 bridgehead atoms. The third kappa shape index (κ3) is 3.45. The first kappa shape index (κ1) is 19.1. The topological polar surface area (TPSA) is 134 Å². The van der Waals surface area contributed by atoms with Gasteiger partial charge in [0, 0.05) is 22.0 Å². The first-order valence-electron chi connectivity index (χ1n) is 9.02. The van der Waals surface area contributed by atoms with Crippen LogP contribution in [0, 0.1) is 0 Å². The number of nitrogens with one attached hydrogen (secondary N) is 3. The van der Waals surface area contributed by atoms with E-state index < -0.39 is 0 Å². The molecule has 0 unspecified atom stereocenters. The van der Waals surface area contributed by atoms with Crippen LogP contribution < -0.4 is 22.4 Å². The first-order valence-corrected chi connectivity index (χ1v) is 9.02. The zero-order chi connectivity index (χ0) is 20.1. The number of benzene rings is 2. The molecule has 8 nitrogen and oxygen atoms in total. The number of amidine groups is 1. The molecule has 1 amide bonds. The van der Waals surface area contributed by atoms with Gasteiger partial charge in [0.05, 0.1) is 17.1 Å². The van der Waals surface area contributed by atoms with Crippen LogP contribution in [0.15, 0.2) is 58.6 Å². The Morgan fingerprint density at radius 2 is 1.96 bits per heavy atom. The van der Waals surface area contributed by atoms with Crippen LogP contribution in [0.5, 0.6) is 0 Å². The van der Waals surface area contributed by atoms with Crippen molar-refractivity contribution < 1.29 is 4.79 Å². The lowest BCUT2D eigenvalue weighted by Gasteiger charge is -2.09. The third-order valence-corrected chi connectivity index (χ3v) is 4.26. The van der Waals surface area contributed by atoms with Crippen LogP contribution in [0.4, 0.5) is 5.69 Å². The molecule has 3 aromatic rings. The Kier molecular flexibility index (Phi) is 5.71. The van der Waals surface area contributed by atoms with Crippen molar-refractivity contribution in [3.05, 3.63) is 65.4 Å². The van der Waals surface area contributed by atoms with E-state index in [0.29, 0.717) is 11.5 Å². The molecule has 2 heterocycles. The van der Waals surface area contributed by atoms with E-state index in [1.807, 2.05) is 62.4 Å². The van der Waals surface area contributed by atoms with Crippen molar-refractivity contribution in [1.82, 2.24) is 10.4 Å². The molecule has 8 heteroatoms. The lowest BCUT2D eigenvalue weighted by Crippen LogP contribution is -2.32. The molecule has 1 aliphatic heterocycles. The Morgan fingerprint density at radius 1 is 1.18 bits per heavy atom. The minimum Gasteiger partial charge on any atom is -0.351 e. The number of anilines is 1. The summed E-state index contributed by atoms with van der Waals surface area (Å²) in [6.07, 6.45) is 0. The minimum absolute atomic E-state index is 0.0450. The van der Waals surface area contributed by atoms with Crippen molar-refractivity contribution in [2.45, 2.75) is 13.8 Å². The summed E-state index contributed by atoms with van der Waals surface area (Å²) in [5.41, 5.74) is 7.12. The molecule has 0 radical (unpaired) electrons. The summed E-state index contributed by atoms with van der Waals surface area (Å²) in [7, 11) is 0. The van der Waals surface area contributed by atoms with Gasteiger partial charge in [-0.1, -0.05) is 50.2 Å². The van der Waals surface area contributed by atoms with Gasteiger partial charge < -0.3 is 21.6 Å². The second kappa shape index (κ2) is 8.36. The summed E-state index contributed by atoms with van der Waals surface area (Å²) >= 11 is 0. The summed E-state index contributed by atoms with van der Waals surface area (Å²) in [6, 6.07) is 15.3. The van der Waals surface area contributed by atoms with E-state index >= 15 is 0 Å². The number of aromatic nitrogens is 1. The largest absolute Gasteiger partial charge is 0.351 e. The Balaban J connectivity index is 0.00000109. The number of H-pyrrole nitrogens is 1. The highest BCUT2D eigenvalue weighted by molar-refractivity contribution is 6.23. The molecule has 0 saturated carbocycles. The molecule has 0 saturated heterocycles. The number of aromatic amines is 1. The van der Waals surface area contributed by atoms with Crippen LogP contribution in [0.1, 0.15) is 30.7 Å². The average Bonchev–Trinajstić information content (AvgIpc) is 3.00. The van der Waals surface area contributed by atoms with Gasteiger partial charge in [-0.2, -0.15) is 5.10 Å². The van der Waals surface area contributed by atoms with Crippen molar-refractivity contribution in [2.24, 2.45) is 21.8 Å². The fourth-order valence-corrected chi connectivity index (χ4v) is 3.10. The SMILES string of the molecule is CC.N/N=C(\NN)c1cccc(C2=NCC(=O)Nc3c2[nH]c2ccccc32)c1. The monoisotopic (exact) mass is 377 g/mol. The highest BCUT2D eigenvalue weighted by Gasteiger charge is 2.22. The van der Waals surface area contributed by atoms with Crippen LogP contribution in [-0.2, 0) is 4.79 Å². The quantitative estimate of drug-likeness (QED) is 0.202. The molecule has 4 rings (SSSR count). The number of fused-ring (bicyclic) bond motifs is 3. The summed E-state index contributed by atoms with van der Waals surface area (Å²) in [5.74, 6) is 11.0. The molecule has 144 valence electrons. The average molecular weight is 377 g/mol. The van der Waals surface area contributed by atoms with Gasteiger partial charge in [0.2, 0.25) is 5.91 Å². The standard InChI is InChI=1S/C18H17N7O.C2H6/c19-24-18(25-20)11-5-3-4-10(8-11)15-17-16(23-14(26)9-21-15)12-6-1-2-7-13(12)22-17;1-2/h1-8,22H,9,19-20H2,(H,23,26)(H,24,25);1-2H3. The van der Waals surface area contributed by atoms with Gasteiger partial charge in [0.25, 0.3) is 0 Å². The zero-order valence-electron chi connectivity index (χ0n) is 15.8. The van der Waals surface area contributed by atoms with Crippen LogP contribution >= 0.6 is 0 Å². The minimum atomic E-state index is -0.157. The fraction of sp³-hybridized carbons (Fsp3) is 0.150. The fourth-order valence-electron chi connectivity index (χ4n) is 3.10. The smallest absolute Gasteiger partial charge is 0.246 e. The predicted molar refractivity (Wildman–Crippen MR) is 113 cm³/mol. The molecule has 0 fully saturated rings. The molecule has 0 aliphatic carbocycles. The maximum absolute atomic E-state index is 12.1. The van der Waals surface area contributed by atoms with Crippen molar-refractivity contribution in [3.8, 4) is 0 Å². The summed E-state index contributed by atoms with van der Waals surface area (Å²) in [6.45, 7) is 4.05. The maximum Gasteiger partial charge on any atom is 0.246 e. The van der Waals surface area contributed by atoms with E-state index in [1.165, 1.54) is 0 Å². The van der Waals surface area contributed by atoms with Gasteiger partial charge >= 0.3 is 0 Å². The second-order valence-electron chi connectivity index (χ2n) is 5.84. The van der Waals surface area contributed by atoms with E-state index in [1.54, 1.807) is 0 Å². The number of aliphatic imine (C=N–C) groups is 1. The van der Waals surface area contributed by atoms with Gasteiger partial charge in [-0.25, -0.2) is 5.84 Å². The van der Waals surface area contributed by atoms with Crippen LogP contribution in [0.2, 0.25) is 0 Å². The van der Waals surface area contributed by atoms with E-state index in [2.05, 4.69) is 25.8 Å². The van der Waals surface area contributed by atoms with Gasteiger partial charge in [0.15, 0.2) is 5.84 Å². The maximum atomic E-state index is 12.1. The number of carbonyl (C=O) groups excluding carboxylic acids is 1. The number of hydrazine groups is 1. The number of rotatable bonds is 2. The summed E-state index contributed by atoms with van der Waals surface area (Å²) in [4.78, 5) is 20.0. The molecule has 1 aliphatic rings. The molecule has 0 spiro atoms. The van der Waals surface area contributed by atoms with Crippen molar-refractivity contribution in [2.75, 3.05) is 11.9 Å². The molecule has 28 heavy (non-hydrogen) atoms. The molecule has 7 N–H and O–H groups in total. The summed E-state index contributed by atoms with van der Waals surface area (Å²) in [5, 5.41) is 7.52. The van der Waals surface area contributed by atoms with Gasteiger partial charge in [-0.3, -0.25) is 9.79 Å². The number of hydrazone groups is 1. The van der Waals surface area contributed by atoms with Crippen LogP contribution in [-0.4, -0.2) is 29.0 Å². The number of carbonyl (C=O) groups is 1. The Hall–Kier alpha value is -3.65. The highest BCUT2D eigenvalue weighted by Crippen LogP contribution is 2.31. The zero-order valence-corrected chi connectivity index (χ0v) is 15.8. The Labute approximate surface area is 162 Å². The number of hydrogen-bond donors (Lipinski definition) is 5. The van der Waals surface area contributed by atoms with Crippen molar-refractivity contribution in [3.63, 3.8) is 0 Å². The molecule has 1 aromatic heterocycles. The van der Waals surface area contributed by atoms with Crippen LogP contribution in [0.3, 0.4) is 0 Å². The van der Waals surface area contributed by atoms with Gasteiger partial charge in [-0.05, 0) is 12.1 Å². The molecular formula is C20H23N7O. The Bertz CT molecular complexity index is 1070. The number of nitrogens with zero attached hydrogens (tertiary/aromatic N) is 2. The number of para-hydroxylation sites is 1. The Morgan fingerprint density at radius 3 is 2.71 bits per heavy atom. The molecular weight excluding hydrogens is 354 g/mol. The first-order chi connectivity index (χ1) is 13.7. The van der Waals surface area contributed by atoms with Gasteiger partial charge in [0.1, 0.15) is 6.54 Å². The number of nitrogens with two attached hydrogens (primary N) is 2. The van der Waals surface area contributed by atoms with Crippen molar-refractivity contribution in [1.29, 1.82) is 0 Å². The summed E-state index contributed by atoms with van der Waals surface area (Å²) < 4.78 is 0. The molecule has 0 atom stereocenters. The third-order valence-electron chi connectivity index (χ3n) is 4.26. The second-order valence-corrected chi connectivity index (χ2v) is 5.84. The van der Waals surface area contributed by atoms with Crippen molar-refractivity contribution >= 4 is 34.0 Å². The number of hydrogen-bond acceptors (Lipinski definition) is 5. The van der Waals surface area contributed by atoms with E-state index in [0.717, 1.165) is 33.4 Å². The van der Waals surface area contributed by atoms with E-state index in [-0.39, 0.29) is 12.5 Å².